The van der Waals surface area contributed by atoms with Crippen LogP contribution in [0, 0.1) is 10.1 Å². The summed E-state index contributed by atoms with van der Waals surface area (Å²) in [5.74, 6) is 0. The van der Waals surface area contributed by atoms with Crippen LogP contribution in [0.1, 0.15) is 20.8 Å². The number of hydrogen-bond donors (Lipinski definition) is 1. The summed E-state index contributed by atoms with van der Waals surface area (Å²) < 4.78 is 0. The lowest BCUT2D eigenvalue weighted by Crippen LogP contribution is -1.84. The van der Waals surface area contributed by atoms with Crippen molar-refractivity contribution in [2.24, 2.45) is 5.16 Å². The molecule has 0 aliphatic heterocycles. The van der Waals surface area contributed by atoms with Gasteiger partial charge in [-0.3, -0.25) is 10.1 Å². The molecule has 90 valence electrons. The minimum atomic E-state index is -0.417. The summed E-state index contributed by atoms with van der Waals surface area (Å²) >= 11 is 4.96. The topological polar surface area (TPSA) is 75.7 Å². The van der Waals surface area contributed by atoms with E-state index in [0.29, 0.717) is 0 Å². The minimum absolute atomic E-state index is 0.137. The summed E-state index contributed by atoms with van der Waals surface area (Å²) in [7, 11) is 0. The maximum absolute atomic E-state index is 10.0. The number of hydrogen-bond acceptors (Lipinski definition) is 4. The van der Waals surface area contributed by atoms with Gasteiger partial charge in [0.25, 0.3) is 5.69 Å². The molecule has 0 aliphatic carbocycles. The number of oxime groups is 1. The molecule has 0 saturated carbocycles. The molecule has 0 saturated heterocycles. The number of halogens is 1. The molecule has 0 heterocycles. The molecule has 1 aromatic rings. The zero-order valence-electron chi connectivity index (χ0n) is 9.42. The first kappa shape index (κ1) is 16.8. The second kappa shape index (κ2) is 11.5. The van der Waals surface area contributed by atoms with E-state index in [1.54, 1.807) is 18.2 Å². The van der Waals surface area contributed by atoms with Crippen molar-refractivity contribution in [3.8, 4) is 0 Å². The van der Waals surface area contributed by atoms with E-state index in [-0.39, 0.29) is 10.9 Å². The van der Waals surface area contributed by atoms with Crippen LogP contribution in [-0.2, 0) is 0 Å². The third kappa shape index (κ3) is 10.5. The van der Waals surface area contributed by atoms with Gasteiger partial charge in [-0.1, -0.05) is 48.8 Å². The Labute approximate surface area is 99.5 Å². The highest BCUT2D eigenvalue weighted by atomic mass is 35.5. The maximum atomic E-state index is 10.0. The molecule has 5 nitrogen and oxygen atoms in total. The second-order valence-corrected chi connectivity index (χ2v) is 2.74. The van der Waals surface area contributed by atoms with Gasteiger partial charge in [-0.05, 0) is 6.92 Å². The fourth-order valence-corrected chi connectivity index (χ4v) is 0.550. The Kier molecular flexibility index (Phi) is 12.0. The van der Waals surface area contributed by atoms with E-state index in [4.69, 9.17) is 16.8 Å². The van der Waals surface area contributed by atoms with Gasteiger partial charge in [-0.2, -0.15) is 0 Å². The molecule has 0 atom stereocenters. The number of non-ortho nitro benzene ring substituents is 1. The van der Waals surface area contributed by atoms with Gasteiger partial charge in [0.2, 0.25) is 0 Å². The molecule has 16 heavy (non-hydrogen) atoms. The Bertz CT molecular complexity index is 311. The molecule has 1 rings (SSSR count). The number of rotatable bonds is 1. The summed E-state index contributed by atoms with van der Waals surface area (Å²) in [6.45, 7) is 5.49. The number of para-hydroxylation sites is 1. The smallest absolute Gasteiger partial charge is 0.269 e. The summed E-state index contributed by atoms with van der Waals surface area (Å²) in [4.78, 5) is 9.59. The molecule has 0 amide bonds. The molecule has 0 unspecified atom stereocenters. The van der Waals surface area contributed by atoms with Crippen LogP contribution < -0.4 is 0 Å². The molecular weight excluding hydrogens is 232 g/mol. The van der Waals surface area contributed by atoms with Gasteiger partial charge in [-0.15, -0.1) is 0 Å². The first-order valence-electron chi connectivity index (χ1n) is 4.61. The van der Waals surface area contributed by atoms with Crippen LogP contribution in [0.15, 0.2) is 35.5 Å². The molecule has 0 fully saturated rings. The van der Waals surface area contributed by atoms with Crippen molar-refractivity contribution in [1.29, 1.82) is 0 Å². The molecular formula is C10H15ClN2O3. The van der Waals surface area contributed by atoms with Crippen molar-refractivity contribution < 1.29 is 10.1 Å². The lowest BCUT2D eigenvalue weighted by atomic mass is 10.3. The Hall–Kier alpha value is -1.62. The fraction of sp³-hybridized carbons (Fsp3) is 0.300. The Balaban J connectivity index is 0. The van der Waals surface area contributed by atoms with E-state index in [2.05, 4.69) is 5.16 Å². The van der Waals surface area contributed by atoms with Gasteiger partial charge in [0, 0.05) is 12.1 Å². The van der Waals surface area contributed by atoms with Crippen molar-refractivity contribution in [1.82, 2.24) is 0 Å². The molecule has 0 radical (unpaired) electrons. The maximum Gasteiger partial charge on any atom is 0.269 e. The molecule has 1 aromatic carbocycles. The molecule has 0 bridgehead atoms. The first-order valence-corrected chi connectivity index (χ1v) is 4.99. The van der Waals surface area contributed by atoms with Crippen LogP contribution >= 0.6 is 11.6 Å². The standard InChI is InChI=1S/C6H5NO2.C2H4ClNO.C2H6/c8-7(9)6-4-2-1-3-5-6;1-2(3)4-5;1-2/h1-5H;5H,1H3;1-2H3. The molecule has 0 aliphatic rings. The summed E-state index contributed by atoms with van der Waals surface area (Å²) in [5.41, 5.74) is 0.137. The number of benzene rings is 1. The quantitative estimate of drug-likeness (QED) is 0.356. The number of nitro benzene ring substituents is 1. The van der Waals surface area contributed by atoms with Crippen LogP contribution in [0.5, 0.6) is 0 Å². The third-order valence-corrected chi connectivity index (χ3v) is 1.18. The minimum Gasteiger partial charge on any atom is -0.410 e. The Morgan fingerprint density at radius 3 is 1.94 bits per heavy atom. The van der Waals surface area contributed by atoms with Gasteiger partial charge in [0.15, 0.2) is 0 Å². The van der Waals surface area contributed by atoms with E-state index in [0.717, 1.165) is 0 Å². The van der Waals surface area contributed by atoms with Crippen LogP contribution in [0.25, 0.3) is 0 Å². The first-order chi connectivity index (χ1) is 7.57. The van der Waals surface area contributed by atoms with Crippen LogP contribution in [0.2, 0.25) is 0 Å². The Morgan fingerprint density at radius 1 is 1.38 bits per heavy atom. The molecule has 6 heteroatoms. The van der Waals surface area contributed by atoms with Gasteiger partial charge in [-0.25, -0.2) is 0 Å². The van der Waals surface area contributed by atoms with Gasteiger partial charge in [0.05, 0.1) is 4.92 Å². The lowest BCUT2D eigenvalue weighted by molar-refractivity contribution is -0.384. The largest absolute Gasteiger partial charge is 0.410 e. The third-order valence-electron chi connectivity index (χ3n) is 1.10. The van der Waals surface area contributed by atoms with E-state index in [1.807, 2.05) is 13.8 Å². The van der Waals surface area contributed by atoms with E-state index < -0.39 is 4.92 Å². The molecule has 0 aromatic heterocycles. The number of nitrogens with zero attached hydrogens (tertiary/aromatic N) is 2. The fourth-order valence-electron chi connectivity index (χ4n) is 0.550. The monoisotopic (exact) mass is 246 g/mol. The summed E-state index contributed by atoms with van der Waals surface area (Å²) in [6, 6.07) is 7.93. The van der Waals surface area contributed by atoms with Crippen molar-refractivity contribution >= 4 is 22.5 Å². The van der Waals surface area contributed by atoms with E-state index >= 15 is 0 Å². The SMILES string of the molecule is CC.CC(Cl)=NO.O=[N+]([O-])c1ccccc1. The van der Waals surface area contributed by atoms with Crippen LogP contribution in [0.3, 0.4) is 0 Å². The van der Waals surface area contributed by atoms with Crippen molar-refractivity contribution in [2.75, 3.05) is 0 Å². The van der Waals surface area contributed by atoms with E-state index in [1.165, 1.54) is 19.1 Å². The molecule has 1 N–H and O–H groups in total. The van der Waals surface area contributed by atoms with E-state index in [9.17, 15) is 10.1 Å². The second-order valence-electron chi connectivity index (χ2n) is 2.19. The van der Waals surface area contributed by atoms with Crippen LogP contribution in [0.4, 0.5) is 5.69 Å². The van der Waals surface area contributed by atoms with Gasteiger partial charge >= 0.3 is 0 Å². The molecule has 0 spiro atoms. The highest BCUT2D eigenvalue weighted by molar-refractivity contribution is 6.64. The summed E-state index contributed by atoms with van der Waals surface area (Å²) in [5, 5.41) is 20.3. The number of nitro groups is 1. The normalized spacial score (nSPS) is 9.12. The van der Waals surface area contributed by atoms with Gasteiger partial charge < -0.3 is 5.21 Å². The summed E-state index contributed by atoms with van der Waals surface area (Å²) in [6.07, 6.45) is 0. The Morgan fingerprint density at radius 2 is 1.75 bits per heavy atom. The lowest BCUT2D eigenvalue weighted by Gasteiger charge is -1.85. The average molecular weight is 247 g/mol. The predicted molar refractivity (Wildman–Crippen MR) is 65.2 cm³/mol. The van der Waals surface area contributed by atoms with Crippen LogP contribution in [-0.4, -0.2) is 15.3 Å². The van der Waals surface area contributed by atoms with Crippen molar-refractivity contribution in [2.45, 2.75) is 20.8 Å². The predicted octanol–water partition coefficient (Wildman–Crippen LogP) is 3.65. The van der Waals surface area contributed by atoms with Crippen molar-refractivity contribution in [3.63, 3.8) is 0 Å². The van der Waals surface area contributed by atoms with Crippen molar-refractivity contribution in [3.05, 3.63) is 40.4 Å². The highest BCUT2D eigenvalue weighted by Crippen LogP contribution is 2.06. The highest BCUT2D eigenvalue weighted by Gasteiger charge is 1.98. The zero-order chi connectivity index (χ0) is 13.0. The average Bonchev–Trinajstić information content (AvgIpc) is 2.33. The zero-order valence-corrected chi connectivity index (χ0v) is 10.2. The van der Waals surface area contributed by atoms with Gasteiger partial charge in [0.1, 0.15) is 5.17 Å².